The van der Waals surface area contributed by atoms with Gasteiger partial charge in [0.15, 0.2) is 0 Å². The highest BCUT2D eigenvalue weighted by Crippen LogP contribution is 2.39. The molecule has 0 radical (unpaired) electrons. The standard InChI is InChI=1S/C21H22ClF3N2O/c1-14(16-10-11-16)27(12-15-6-3-2-4-7-15)13-19(28)26-20-17(21(23,24)25)8-5-9-18(20)22/h2-9,14,16H,10-13H2,1H3,(H,26,28). The Bertz CT molecular complexity index is 822. The summed E-state index contributed by atoms with van der Waals surface area (Å²) < 4.78 is 39.8. The zero-order valence-corrected chi connectivity index (χ0v) is 16.2. The van der Waals surface area contributed by atoms with Crippen molar-refractivity contribution in [1.82, 2.24) is 4.90 Å². The van der Waals surface area contributed by atoms with E-state index in [1.807, 2.05) is 35.2 Å². The summed E-state index contributed by atoms with van der Waals surface area (Å²) in [7, 11) is 0. The molecule has 0 saturated heterocycles. The topological polar surface area (TPSA) is 32.3 Å². The van der Waals surface area contributed by atoms with Gasteiger partial charge in [0.25, 0.3) is 0 Å². The second kappa shape index (κ2) is 8.53. The number of rotatable bonds is 7. The maximum absolute atomic E-state index is 13.3. The van der Waals surface area contributed by atoms with Crippen molar-refractivity contribution in [2.24, 2.45) is 5.92 Å². The second-order valence-electron chi connectivity index (χ2n) is 7.18. The molecule has 1 atom stereocenters. The van der Waals surface area contributed by atoms with Gasteiger partial charge in [-0.05, 0) is 43.4 Å². The van der Waals surface area contributed by atoms with Crippen LogP contribution in [0.5, 0.6) is 0 Å². The zero-order chi connectivity index (χ0) is 20.3. The third kappa shape index (κ3) is 5.26. The van der Waals surface area contributed by atoms with E-state index < -0.39 is 17.6 Å². The average Bonchev–Trinajstić information content (AvgIpc) is 3.47. The van der Waals surface area contributed by atoms with Gasteiger partial charge < -0.3 is 5.32 Å². The number of para-hydroxylation sites is 1. The minimum absolute atomic E-state index is 0.00488. The molecule has 2 aromatic carbocycles. The molecule has 1 N–H and O–H groups in total. The summed E-state index contributed by atoms with van der Waals surface area (Å²) in [5, 5.41) is 2.25. The van der Waals surface area contributed by atoms with E-state index in [4.69, 9.17) is 11.6 Å². The summed E-state index contributed by atoms with van der Waals surface area (Å²) in [5.74, 6) is 0.00425. The van der Waals surface area contributed by atoms with Crippen LogP contribution in [0.1, 0.15) is 30.9 Å². The van der Waals surface area contributed by atoms with Gasteiger partial charge in [-0.15, -0.1) is 0 Å². The molecule has 1 aliphatic carbocycles. The van der Waals surface area contributed by atoms with E-state index in [2.05, 4.69) is 12.2 Å². The number of hydrogen-bond donors (Lipinski definition) is 1. The molecule has 1 amide bonds. The highest BCUT2D eigenvalue weighted by Gasteiger charge is 2.36. The lowest BCUT2D eigenvalue weighted by Gasteiger charge is -2.29. The Labute approximate surface area is 167 Å². The first-order valence-corrected chi connectivity index (χ1v) is 9.57. The smallest absolute Gasteiger partial charge is 0.323 e. The third-order valence-electron chi connectivity index (χ3n) is 5.04. The largest absolute Gasteiger partial charge is 0.418 e. The quantitative estimate of drug-likeness (QED) is 0.644. The Balaban J connectivity index is 1.76. The molecule has 0 spiro atoms. The Morgan fingerprint density at radius 3 is 2.46 bits per heavy atom. The van der Waals surface area contributed by atoms with Gasteiger partial charge in [-0.25, -0.2) is 0 Å². The lowest BCUT2D eigenvalue weighted by molar-refractivity contribution is -0.137. The number of halogens is 4. The van der Waals surface area contributed by atoms with Crippen LogP contribution in [-0.2, 0) is 17.5 Å². The van der Waals surface area contributed by atoms with Gasteiger partial charge in [0.05, 0.1) is 22.8 Å². The number of anilines is 1. The summed E-state index contributed by atoms with van der Waals surface area (Å²) in [6.07, 6.45) is -2.38. The minimum atomic E-state index is -4.60. The maximum atomic E-state index is 13.3. The molecular weight excluding hydrogens is 389 g/mol. The predicted molar refractivity (Wildman–Crippen MR) is 104 cm³/mol. The maximum Gasteiger partial charge on any atom is 0.418 e. The predicted octanol–water partition coefficient (Wildman–Crippen LogP) is 5.60. The van der Waals surface area contributed by atoms with Crippen LogP contribution in [0.25, 0.3) is 0 Å². The van der Waals surface area contributed by atoms with Gasteiger partial charge in [0.1, 0.15) is 0 Å². The molecule has 1 unspecified atom stereocenters. The Morgan fingerprint density at radius 2 is 1.86 bits per heavy atom. The lowest BCUT2D eigenvalue weighted by atomic mass is 10.1. The summed E-state index contributed by atoms with van der Waals surface area (Å²) >= 11 is 5.94. The SMILES string of the molecule is CC(C1CC1)N(CC(=O)Nc1c(Cl)cccc1C(F)(F)F)Cc1ccccc1. The fraction of sp³-hybridized carbons (Fsp3) is 0.381. The van der Waals surface area contributed by atoms with Gasteiger partial charge in [0, 0.05) is 12.6 Å². The Hall–Kier alpha value is -2.05. The molecule has 1 fully saturated rings. The molecule has 3 nitrogen and oxygen atoms in total. The highest BCUT2D eigenvalue weighted by atomic mass is 35.5. The Morgan fingerprint density at radius 1 is 1.18 bits per heavy atom. The summed E-state index contributed by atoms with van der Waals surface area (Å²) in [4.78, 5) is 14.6. The number of carbonyl (C=O) groups is 1. The fourth-order valence-electron chi connectivity index (χ4n) is 3.29. The van der Waals surface area contributed by atoms with Crippen molar-refractivity contribution in [3.63, 3.8) is 0 Å². The number of nitrogens with zero attached hydrogens (tertiary/aromatic N) is 1. The number of carbonyl (C=O) groups excluding carboxylic acids is 1. The first kappa shape index (κ1) is 20.7. The van der Waals surface area contributed by atoms with E-state index in [1.54, 1.807) is 0 Å². The van der Waals surface area contributed by atoms with E-state index in [0.717, 1.165) is 24.5 Å². The monoisotopic (exact) mass is 410 g/mol. The molecular formula is C21H22ClF3N2O. The number of alkyl halides is 3. The normalized spacial score (nSPS) is 15.5. The number of amides is 1. The van der Waals surface area contributed by atoms with E-state index in [-0.39, 0.29) is 23.3 Å². The van der Waals surface area contributed by atoms with Crippen LogP contribution >= 0.6 is 11.6 Å². The first-order chi connectivity index (χ1) is 13.3. The van der Waals surface area contributed by atoms with Gasteiger partial charge in [-0.3, -0.25) is 9.69 Å². The second-order valence-corrected chi connectivity index (χ2v) is 7.58. The van der Waals surface area contributed by atoms with Crippen molar-refractivity contribution in [3.8, 4) is 0 Å². The van der Waals surface area contributed by atoms with Crippen molar-refractivity contribution >= 4 is 23.2 Å². The lowest BCUT2D eigenvalue weighted by Crippen LogP contribution is -2.40. The average molecular weight is 411 g/mol. The van der Waals surface area contributed by atoms with Crippen LogP contribution in [0.15, 0.2) is 48.5 Å². The molecule has 2 aromatic rings. The van der Waals surface area contributed by atoms with E-state index in [9.17, 15) is 18.0 Å². The molecule has 1 saturated carbocycles. The van der Waals surface area contributed by atoms with Gasteiger partial charge in [0.2, 0.25) is 5.91 Å². The van der Waals surface area contributed by atoms with E-state index in [0.29, 0.717) is 12.5 Å². The summed E-state index contributed by atoms with van der Waals surface area (Å²) in [6, 6.07) is 13.3. The molecule has 3 rings (SSSR count). The van der Waals surface area contributed by atoms with Gasteiger partial charge in [-0.1, -0.05) is 48.0 Å². The first-order valence-electron chi connectivity index (χ1n) is 9.19. The molecule has 7 heteroatoms. The number of hydrogen-bond acceptors (Lipinski definition) is 2. The number of benzene rings is 2. The van der Waals surface area contributed by atoms with Crippen molar-refractivity contribution < 1.29 is 18.0 Å². The van der Waals surface area contributed by atoms with Crippen LogP contribution in [-0.4, -0.2) is 23.4 Å². The van der Waals surface area contributed by atoms with Crippen LogP contribution in [0.2, 0.25) is 5.02 Å². The van der Waals surface area contributed by atoms with Crippen LogP contribution in [0.4, 0.5) is 18.9 Å². The van der Waals surface area contributed by atoms with Crippen molar-refractivity contribution in [1.29, 1.82) is 0 Å². The molecule has 0 bridgehead atoms. The van der Waals surface area contributed by atoms with Gasteiger partial charge >= 0.3 is 6.18 Å². The van der Waals surface area contributed by atoms with Crippen molar-refractivity contribution in [2.75, 3.05) is 11.9 Å². The Kier molecular flexibility index (Phi) is 6.30. The van der Waals surface area contributed by atoms with Gasteiger partial charge in [-0.2, -0.15) is 13.2 Å². The van der Waals surface area contributed by atoms with E-state index in [1.165, 1.54) is 12.1 Å². The minimum Gasteiger partial charge on any atom is -0.323 e. The summed E-state index contributed by atoms with van der Waals surface area (Å²) in [5.41, 5.74) is -0.282. The van der Waals surface area contributed by atoms with E-state index >= 15 is 0 Å². The molecule has 150 valence electrons. The third-order valence-corrected chi connectivity index (χ3v) is 5.35. The fourth-order valence-corrected chi connectivity index (χ4v) is 3.51. The molecule has 1 aliphatic rings. The number of nitrogens with one attached hydrogen (secondary N) is 1. The van der Waals surface area contributed by atoms with Crippen LogP contribution < -0.4 is 5.32 Å². The zero-order valence-electron chi connectivity index (χ0n) is 15.5. The molecule has 0 heterocycles. The highest BCUT2D eigenvalue weighted by molar-refractivity contribution is 6.34. The van der Waals surface area contributed by atoms with Crippen LogP contribution in [0, 0.1) is 5.92 Å². The van der Waals surface area contributed by atoms with Crippen LogP contribution in [0.3, 0.4) is 0 Å². The molecule has 0 aromatic heterocycles. The molecule has 28 heavy (non-hydrogen) atoms. The van der Waals surface area contributed by atoms with Crippen molar-refractivity contribution in [3.05, 3.63) is 64.7 Å². The summed E-state index contributed by atoms with van der Waals surface area (Å²) in [6.45, 7) is 2.61. The van der Waals surface area contributed by atoms with Crippen molar-refractivity contribution in [2.45, 2.75) is 38.5 Å². The molecule has 0 aliphatic heterocycles.